The lowest BCUT2D eigenvalue weighted by atomic mass is 10.3. The van der Waals surface area contributed by atoms with E-state index in [4.69, 9.17) is 10.6 Å². The van der Waals surface area contributed by atoms with Crippen LogP contribution in [0.3, 0.4) is 0 Å². The minimum absolute atomic E-state index is 0.0787. The van der Waals surface area contributed by atoms with E-state index in [9.17, 15) is 10.1 Å². The number of hydroxylamine groups is 1. The molecule has 1 aromatic carbocycles. The van der Waals surface area contributed by atoms with Crippen molar-refractivity contribution < 1.29 is 10.1 Å². The van der Waals surface area contributed by atoms with Gasteiger partial charge in [-0.25, -0.2) is 5.48 Å². The zero-order valence-electron chi connectivity index (χ0n) is 9.21. The Kier molecular flexibility index (Phi) is 8.88. The number of nitro groups is 1. The average Bonchev–Trinajstić information content (AvgIpc) is 2.31. The van der Waals surface area contributed by atoms with Crippen molar-refractivity contribution in [3.63, 3.8) is 0 Å². The Bertz CT molecular complexity index is 362. The maximum absolute atomic E-state index is 10.6. The molecule has 0 radical (unpaired) electrons. The van der Waals surface area contributed by atoms with Gasteiger partial charge < -0.3 is 10.6 Å². The van der Waals surface area contributed by atoms with E-state index in [1.165, 1.54) is 19.3 Å². The van der Waals surface area contributed by atoms with Crippen LogP contribution in [-0.4, -0.2) is 29.9 Å². The zero-order chi connectivity index (χ0) is 13.1. The summed E-state index contributed by atoms with van der Waals surface area (Å²) in [5, 5.41) is 24.7. The van der Waals surface area contributed by atoms with Gasteiger partial charge in [-0.15, -0.1) is 0 Å². The summed E-state index contributed by atoms with van der Waals surface area (Å²) in [6, 6.07) is 6.48. The second kappa shape index (κ2) is 9.73. The highest BCUT2D eigenvalue weighted by atomic mass is 32.2. The number of para-hydroxylation sites is 1. The zero-order valence-corrected chi connectivity index (χ0v) is 10.0. The second-order valence-electron chi connectivity index (χ2n) is 2.60. The monoisotopic (exact) mass is 258 g/mol. The Labute approximate surface area is 103 Å². The van der Waals surface area contributed by atoms with Gasteiger partial charge in [0, 0.05) is 25.9 Å². The van der Waals surface area contributed by atoms with Crippen molar-refractivity contribution in [2.75, 3.05) is 13.6 Å². The molecule has 1 aromatic rings. The number of rotatable bonds is 5. The van der Waals surface area contributed by atoms with Gasteiger partial charge in [0.15, 0.2) is 0 Å². The van der Waals surface area contributed by atoms with Crippen LogP contribution < -0.4 is 10.2 Å². The normalized spacial score (nSPS) is 9.06. The van der Waals surface area contributed by atoms with Crippen LogP contribution >= 0.6 is 11.9 Å². The van der Waals surface area contributed by atoms with Crippen LogP contribution in [0.25, 0.3) is 0 Å². The largest absolute Gasteiger partial charge is 0.317 e. The minimum atomic E-state index is -0.422. The van der Waals surface area contributed by atoms with Gasteiger partial charge in [0.2, 0.25) is 0 Å². The summed E-state index contributed by atoms with van der Waals surface area (Å²) < 4.78 is 2.82. The fourth-order valence-corrected chi connectivity index (χ4v) is 1.57. The van der Waals surface area contributed by atoms with E-state index in [1.54, 1.807) is 23.7 Å². The molecule has 1 rings (SSSR count). The van der Waals surface area contributed by atoms with Gasteiger partial charge in [-0.05, 0) is 18.0 Å². The van der Waals surface area contributed by atoms with Crippen LogP contribution in [0.1, 0.15) is 0 Å². The molecule has 0 aliphatic carbocycles. The SMILES string of the molecule is CNO.N=CCNSc1ccccc1[N+](=O)[O-]. The van der Waals surface area contributed by atoms with Gasteiger partial charge in [-0.1, -0.05) is 12.1 Å². The van der Waals surface area contributed by atoms with Gasteiger partial charge >= 0.3 is 0 Å². The summed E-state index contributed by atoms with van der Waals surface area (Å²) in [6.07, 6.45) is 1.20. The van der Waals surface area contributed by atoms with Gasteiger partial charge in [0.25, 0.3) is 5.69 Å². The van der Waals surface area contributed by atoms with Crippen LogP contribution in [0.2, 0.25) is 0 Å². The molecule has 0 saturated heterocycles. The van der Waals surface area contributed by atoms with Crippen molar-refractivity contribution in [3.05, 3.63) is 34.4 Å². The predicted molar refractivity (Wildman–Crippen MR) is 66.6 cm³/mol. The molecular formula is C9H14N4O3S. The summed E-state index contributed by atoms with van der Waals surface area (Å²) >= 11 is 1.16. The Hall–Kier alpha value is -1.48. The number of benzene rings is 1. The standard InChI is InChI=1S/C8H9N3O2S.CH5NO/c9-5-6-10-14-8-4-2-1-3-7(8)11(12)13;1-2-3/h1-5,9-10H,6H2;2-3H,1H3. The first kappa shape index (κ1) is 15.5. The van der Waals surface area contributed by atoms with E-state index in [2.05, 4.69) is 4.72 Å². The topological polar surface area (TPSA) is 111 Å². The molecule has 0 heterocycles. The summed E-state index contributed by atoms with van der Waals surface area (Å²) in [6.45, 7) is 0.386. The lowest BCUT2D eigenvalue weighted by molar-refractivity contribution is -0.387. The third kappa shape index (κ3) is 6.64. The van der Waals surface area contributed by atoms with Crippen LogP contribution in [0.15, 0.2) is 29.2 Å². The number of hydrogen-bond acceptors (Lipinski definition) is 7. The van der Waals surface area contributed by atoms with Crippen LogP contribution in [-0.2, 0) is 0 Å². The molecule has 0 aromatic heterocycles. The van der Waals surface area contributed by atoms with Crippen LogP contribution in [0.5, 0.6) is 0 Å². The van der Waals surface area contributed by atoms with Gasteiger partial charge in [-0.2, -0.15) is 0 Å². The van der Waals surface area contributed by atoms with E-state index in [0.29, 0.717) is 11.4 Å². The van der Waals surface area contributed by atoms with Crippen LogP contribution in [0, 0.1) is 15.5 Å². The van der Waals surface area contributed by atoms with Gasteiger partial charge in [0.05, 0.1) is 4.92 Å². The van der Waals surface area contributed by atoms with Crippen molar-refractivity contribution >= 4 is 23.8 Å². The maximum Gasteiger partial charge on any atom is 0.284 e. The Morgan fingerprint density at radius 2 is 2.18 bits per heavy atom. The highest BCUT2D eigenvalue weighted by Gasteiger charge is 2.11. The van der Waals surface area contributed by atoms with Gasteiger partial charge in [0.1, 0.15) is 4.90 Å². The molecule has 0 bridgehead atoms. The maximum atomic E-state index is 10.6. The highest BCUT2D eigenvalue weighted by molar-refractivity contribution is 7.97. The molecule has 0 spiro atoms. The molecular weight excluding hydrogens is 244 g/mol. The highest BCUT2D eigenvalue weighted by Crippen LogP contribution is 2.25. The van der Waals surface area contributed by atoms with Gasteiger partial charge in [-0.3, -0.25) is 14.8 Å². The minimum Gasteiger partial charge on any atom is -0.317 e. The molecule has 0 atom stereocenters. The van der Waals surface area contributed by atoms with Crippen molar-refractivity contribution in [1.29, 1.82) is 5.41 Å². The molecule has 0 aliphatic heterocycles. The fraction of sp³-hybridized carbons (Fsp3) is 0.222. The van der Waals surface area contributed by atoms with E-state index < -0.39 is 4.92 Å². The Balaban J connectivity index is 0.000000770. The van der Waals surface area contributed by atoms with Crippen molar-refractivity contribution in [2.24, 2.45) is 0 Å². The molecule has 0 saturated carbocycles. The Morgan fingerprint density at radius 3 is 2.71 bits per heavy atom. The number of nitrogens with zero attached hydrogens (tertiary/aromatic N) is 1. The second-order valence-corrected chi connectivity index (χ2v) is 3.54. The first-order valence-electron chi connectivity index (χ1n) is 4.60. The lowest BCUT2D eigenvalue weighted by Gasteiger charge is -2.01. The van der Waals surface area contributed by atoms with Crippen molar-refractivity contribution in [3.8, 4) is 0 Å². The molecule has 7 nitrogen and oxygen atoms in total. The Morgan fingerprint density at radius 1 is 1.59 bits per heavy atom. The smallest absolute Gasteiger partial charge is 0.284 e. The molecule has 0 aliphatic rings. The molecule has 0 fully saturated rings. The summed E-state index contributed by atoms with van der Waals surface area (Å²) in [4.78, 5) is 10.7. The third-order valence-electron chi connectivity index (χ3n) is 1.43. The quantitative estimate of drug-likeness (QED) is 0.209. The first-order chi connectivity index (χ1) is 8.17. The third-order valence-corrected chi connectivity index (χ3v) is 2.31. The number of nitrogens with one attached hydrogen (secondary N) is 3. The number of hydrogen-bond donors (Lipinski definition) is 4. The molecule has 17 heavy (non-hydrogen) atoms. The van der Waals surface area contributed by atoms with E-state index in [1.807, 2.05) is 0 Å². The molecule has 0 amide bonds. The van der Waals surface area contributed by atoms with Crippen molar-refractivity contribution in [2.45, 2.75) is 4.90 Å². The molecule has 0 unspecified atom stereocenters. The predicted octanol–water partition coefficient (Wildman–Crippen LogP) is 1.44. The summed E-state index contributed by atoms with van der Waals surface area (Å²) in [7, 11) is 1.43. The number of nitro benzene ring substituents is 1. The molecule has 8 heteroatoms. The van der Waals surface area contributed by atoms with E-state index in [-0.39, 0.29) is 5.69 Å². The fourth-order valence-electron chi connectivity index (χ4n) is 0.855. The van der Waals surface area contributed by atoms with Crippen molar-refractivity contribution in [1.82, 2.24) is 10.2 Å². The first-order valence-corrected chi connectivity index (χ1v) is 5.41. The molecule has 4 N–H and O–H groups in total. The van der Waals surface area contributed by atoms with E-state index >= 15 is 0 Å². The molecule has 94 valence electrons. The summed E-state index contributed by atoms with van der Waals surface area (Å²) in [5.74, 6) is 0. The lowest BCUT2D eigenvalue weighted by Crippen LogP contribution is -2.06. The summed E-state index contributed by atoms with van der Waals surface area (Å²) in [5.41, 5.74) is 1.83. The average molecular weight is 258 g/mol. The van der Waals surface area contributed by atoms with Crippen LogP contribution in [0.4, 0.5) is 5.69 Å². The van der Waals surface area contributed by atoms with E-state index in [0.717, 1.165) is 11.9 Å².